The summed E-state index contributed by atoms with van der Waals surface area (Å²) in [5.41, 5.74) is 1.70. The molecule has 0 bridgehead atoms. The summed E-state index contributed by atoms with van der Waals surface area (Å²) in [6.45, 7) is 0. The molecule has 1 heterocycles. The lowest BCUT2D eigenvalue weighted by atomic mass is 10.2. The summed E-state index contributed by atoms with van der Waals surface area (Å²) in [5.74, 6) is -0.663. The number of ether oxygens (including phenoxy) is 1. The SMILES string of the molecule is O=C1OC(c2ccc(F)cc2)=N/C1=C\c1ccccc1I. The monoisotopic (exact) mass is 393 g/mol. The molecule has 0 aromatic heterocycles. The quantitative estimate of drug-likeness (QED) is 0.443. The van der Waals surface area contributed by atoms with Crippen LogP contribution < -0.4 is 0 Å². The number of esters is 1. The number of nitrogens with zero attached hydrogens (tertiary/aromatic N) is 1. The molecule has 3 nitrogen and oxygen atoms in total. The lowest BCUT2D eigenvalue weighted by Gasteiger charge is -1.98. The Kier molecular flexibility index (Phi) is 3.83. The Bertz CT molecular complexity index is 766. The van der Waals surface area contributed by atoms with Crippen molar-refractivity contribution < 1.29 is 13.9 Å². The number of cyclic esters (lactones) is 1. The standard InChI is InChI=1S/C16H9FINO2/c17-12-7-5-10(6-8-12)15-19-14(16(20)21-15)9-11-3-1-2-4-13(11)18/h1-9H/b14-9-. The number of halogens is 2. The van der Waals surface area contributed by atoms with Crippen molar-refractivity contribution in [2.75, 3.05) is 0 Å². The molecule has 0 spiro atoms. The first-order valence-corrected chi connectivity index (χ1v) is 7.24. The van der Waals surface area contributed by atoms with Gasteiger partial charge in [0.25, 0.3) is 0 Å². The van der Waals surface area contributed by atoms with Gasteiger partial charge in [0.1, 0.15) is 5.82 Å². The number of carbonyl (C=O) groups is 1. The normalized spacial score (nSPS) is 16.0. The number of hydrogen-bond acceptors (Lipinski definition) is 3. The van der Waals surface area contributed by atoms with Gasteiger partial charge in [-0.05, 0) is 64.6 Å². The highest BCUT2D eigenvalue weighted by Gasteiger charge is 2.24. The van der Waals surface area contributed by atoms with Crippen molar-refractivity contribution in [2.45, 2.75) is 0 Å². The fourth-order valence-corrected chi connectivity index (χ4v) is 2.41. The second-order valence-corrected chi connectivity index (χ2v) is 5.53. The van der Waals surface area contributed by atoms with Gasteiger partial charge in [-0.25, -0.2) is 14.2 Å². The Morgan fingerprint density at radius 1 is 1.10 bits per heavy atom. The van der Waals surface area contributed by atoms with Crippen molar-refractivity contribution in [3.8, 4) is 0 Å². The molecule has 0 atom stereocenters. The van der Waals surface area contributed by atoms with E-state index in [0.717, 1.165) is 9.13 Å². The predicted molar refractivity (Wildman–Crippen MR) is 86.2 cm³/mol. The molecule has 0 fully saturated rings. The van der Waals surface area contributed by atoms with Crippen LogP contribution in [0, 0.1) is 9.39 Å². The van der Waals surface area contributed by atoms with Crippen molar-refractivity contribution >= 4 is 40.5 Å². The molecule has 104 valence electrons. The third-order valence-electron chi connectivity index (χ3n) is 2.91. The third kappa shape index (κ3) is 3.02. The fraction of sp³-hybridized carbons (Fsp3) is 0. The second kappa shape index (κ2) is 5.77. The summed E-state index contributed by atoms with van der Waals surface area (Å²) in [5, 5.41) is 0. The van der Waals surface area contributed by atoms with E-state index in [0.29, 0.717) is 5.56 Å². The first kappa shape index (κ1) is 13.9. The molecule has 0 radical (unpaired) electrons. The van der Waals surface area contributed by atoms with E-state index in [2.05, 4.69) is 27.6 Å². The highest BCUT2D eigenvalue weighted by Crippen LogP contribution is 2.21. The average Bonchev–Trinajstić information content (AvgIpc) is 2.83. The molecule has 2 aromatic carbocycles. The van der Waals surface area contributed by atoms with Crippen molar-refractivity contribution in [2.24, 2.45) is 4.99 Å². The van der Waals surface area contributed by atoms with Crippen LogP contribution >= 0.6 is 22.6 Å². The van der Waals surface area contributed by atoms with Gasteiger partial charge in [0.15, 0.2) is 5.70 Å². The van der Waals surface area contributed by atoms with E-state index < -0.39 is 5.97 Å². The van der Waals surface area contributed by atoms with Gasteiger partial charge in [0.05, 0.1) is 0 Å². The molecular weight excluding hydrogens is 384 g/mol. The minimum Gasteiger partial charge on any atom is -0.402 e. The topological polar surface area (TPSA) is 38.7 Å². The Balaban J connectivity index is 1.96. The zero-order valence-corrected chi connectivity index (χ0v) is 12.9. The van der Waals surface area contributed by atoms with Gasteiger partial charge < -0.3 is 4.74 Å². The van der Waals surface area contributed by atoms with Crippen LogP contribution in [0.15, 0.2) is 59.2 Å². The summed E-state index contributed by atoms with van der Waals surface area (Å²) >= 11 is 2.19. The summed E-state index contributed by atoms with van der Waals surface area (Å²) in [4.78, 5) is 16.0. The highest BCUT2D eigenvalue weighted by molar-refractivity contribution is 14.1. The highest BCUT2D eigenvalue weighted by atomic mass is 127. The molecule has 0 N–H and O–H groups in total. The Morgan fingerprint density at radius 2 is 1.81 bits per heavy atom. The van der Waals surface area contributed by atoms with Crippen LogP contribution in [0.2, 0.25) is 0 Å². The molecule has 3 rings (SSSR count). The van der Waals surface area contributed by atoms with Crippen LogP contribution in [-0.4, -0.2) is 11.9 Å². The minimum atomic E-state index is -0.506. The molecule has 21 heavy (non-hydrogen) atoms. The molecule has 0 unspecified atom stereocenters. The maximum absolute atomic E-state index is 12.9. The Labute approximate surface area is 134 Å². The molecule has 0 aliphatic carbocycles. The lowest BCUT2D eigenvalue weighted by Crippen LogP contribution is -2.05. The van der Waals surface area contributed by atoms with E-state index in [1.807, 2.05) is 24.3 Å². The second-order valence-electron chi connectivity index (χ2n) is 4.36. The zero-order chi connectivity index (χ0) is 14.8. The summed E-state index contributed by atoms with van der Waals surface area (Å²) < 4.78 is 19.0. The van der Waals surface area contributed by atoms with Gasteiger partial charge in [-0.2, -0.15) is 0 Å². The number of aliphatic imine (C=N–C) groups is 1. The lowest BCUT2D eigenvalue weighted by molar-refractivity contribution is -0.129. The van der Waals surface area contributed by atoms with Crippen molar-refractivity contribution in [3.05, 3.63) is 74.7 Å². The van der Waals surface area contributed by atoms with Gasteiger partial charge in [-0.3, -0.25) is 0 Å². The first-order chi connectivity index (χ1) is 10.1. The fourth-order valence-electron chi connectivity index (χ4n) is 1.86. The van der Waals surface area contributed by atoms with Crippen LogP contribution in [0.3, 0.4) is 0 Å². The Morgan fingerprint density at radius 3 is 2.52 bits per heavy atom. The maximum atomic E-state index is 12.9. The smallest absolute Gasteiger partial charge is 0.363 e. The predicted octanol–water partition coefficient (Wildman–Crippen LogP) is 3.77. The molecule has 0 saturated carbocycles. The van der Waals surface area contributed by atoms with Crippen LogP contribution in [0.1, 0.15) is 11.1 Å². The van der Waals surface area contributed by atoms with Crippen LogP contribution in [-0.2, 0) is 9.53 Å². The number of rotatable bonds is 2. The summed E-state index contributed by atoms with van der Waals surface area (Å²) in [6, 6.07) is 13.3. The summed E-state index contributed by atoms with van der Waals surface area (Å²) in [6.07, 6.45) is 1.68. The van der Waals surface area contributed by atoms with Gasteiger partial charge in [-0.1, -0.05) is 18.2 Å². The molecule has 1 aliphatic rings. The van der Waals surface area contributed by atoms with Gasteiger partial charge in [-0.15, -0.1) is 0 Å². The van der Waals surface area contributed by atoms with Crippen molar-refractivity contribution in [1.29, 1.82) is 0 Å². The van der Waals surface area contributed by atoms with Gasteiger partial charge in [0.2, 0.25) is 5.90 Å². The van der Waals surface area contributed by atoms with Crippen LogP contribution in [0.4, 0.5) is 4.39 Å². The van der Waals surface area contributed by atoms with E-state index in [9.17, 15) is 9.18 Å². The minimum absolute atomic E-state index is 0.192. The molecule has 2 aromatic rings. The molecule has 0 amide bonds. The molecule has 5 heteroatoms. The van der Waals surface area contributed by atoms with E-state index in [-0.39, 0.29) is 17.4 Å². The number of benzene rings is 2. The first-order valence-electron chi connectivity index (χ1n) is 6.16. The zero-order valence-electron chi connectivity index (χ0n) is 10.7. The van der Waals surface area contributed by atoms with Crippen LogP contribution in [0.25, 0.3) is 6.08 Å². The summed E-state index contributed by atoms with van der Waals surface area (Å²) in [7, 11) is 0. The van der Waals surface area contributed by atoms with Gasteiger partial charge in [0, 0.05) is 9.13 Å². The maximum Gasteiger partial charge on any atom is 0.363 e. The molecular formula is C16H9FINO2. The van der Waals surface area contributed by atoms with Crippen molar-refractivity contribution in [1.82, 2.24) is 0 Å². The molecule has 1 aliphatic heterocycles. The number of hydrogen-bond donors (Lipinski definition) is 0. The average molecular weight is 393 g/mol. The van der Waals surface area contributed by atoms with Crippen LogP contribution in [0.5, 0.6) is 0 Å². The van der Waals surface area contributed by atoms with E-state index in [1.54, 1.807) is 6.08 Å². The van der Waals surface area contributed by atoms with E-state index >= 15 is 0 Å². The largest absolute Gasteiger partial charge is 0.402 e. The Hall–Kier alpha value is -2.02. The third-order valence-corrected chi connectivity index (χ3v) is 3.89. The van der Waals surface area contributed by atoms with Crippen molar-refractivity contribution in [3.63, 3.8) is 0 Å². The van der Waals surface area contributed by atoms with Gasteiger partial charge >= 0.3 is 5.97 Å². The number of carbonyl (C=O) groups excluding carboxylic acids is 1. The molecule has 0 saturated heterocycles. The van der Waals surface area contributed by atoms with E-state index in [4.69, 9.17) is 4.74 Å². The van der Waals surface area contributed by atoms with E-state index in [1.165, 1.54) is 24.3 Å².